The first-order valence-corrected chi connectivity index (χ1v) is 8.76. The number of nitrogens with zero attached hydrogens (tertiary/aromatic N) is 1. The fourth-order valence-electron chi connectivity index (χ4n) is 2.66. The van der Waals surface area contributed by atoms with Crippen LogP contribution < -0.4 is 21.0 Å². The molecule has 1 fully saturated rings. The van der Waals surface area contributed by atoms with Crippen molar-refractivity contribution in [3.63, 3.8) is 0 Å². The van der Waals surface area contributed by atoms with Crippen molar-refractivity contribution in [2.24, 2.45) is 5.10 Å². The Hall–Kier alpha value is -2.12. The first kappa shape index (κ1) is 18.7. The highest BCUT2D eigenvalue weighted by atomic mass is 35.5. The van der Waals surface area contributed by atoms with Gasteiger partial charge in [0.15, 0.2) is 0 Å². The summed E-state index contributed by atoms with van der Waals surface area (Å²) in [7, 11) is 1.63. The Labute approximate surface area is 161 Å². The van der Waals surface area contributed by atoms with Crippen molar-refractivity contribution in [2.45, 2.75) is 18.5 Å². The molecule has 2 aromatic rings. The molecule has 1 amide bonds. The summed E-state index contributed by atoms with van der Waals surface area (Å²) in [5.74, 6) is 0.550. The summed E-state index contributed by atoms with van der Waals surface area (Å²) in [5.41, 5.74) is 10.2. The molecule has 2 aromatic carbocycles. The second-order valence-electron chi connectivity index (χ2n) is 5.77. The third-order valence-corrected chi connectivity index (χ3v) is 4.77. The molecule has 0 bridgehead atoms. The van der Waals surface area contributed by atoms with E-state index in [1.807, 2.05) is 24.3 Å². The van der Waals surface area contributed by atoms with Crippen LogP contribution in [-0.4, -0.2) is 25.3 Å². The molecule has 1 aliphatic heterocycles. The predicted octanol–water partition coefficient (Wildman–Crippen LogP) is 3.06. The molecule has 6 nitrogen and oxygen atoms in total. The van der Waals surface area contributed by atoms with E-state index < -0.39 is 6.04 Å². The third kappa shape index (κ3) is 4.34. The van der Waals surface area contributed by atoms with Gasteiger partial charge >= 0.3 is 0 Å². The predicted molar refractivity (Wildman–Crippen MR) is 103 cm³/mol. The molecule has 26 heavy (non-hydrogen) atoms. The molecule has 0 aromatic heterocycles. The summed E-state index contributed by atoms with van der Waals surface area (Å²) in [5, 5.41) is 4.89. The molecule has 2 unspecified atom stereocenters. The average molecular weight is 393 g/mol. The van der Waals surface area contributed by atoms with Gasteiger partial charge in [-0.15, -0.1) is 0 Å². The standard InChI is InChI=1S/C18H18Cl2N4O2/c1-26-12-7-5-11(6-8-12)16-9-17(23-22-16)18(25)24-21-10-13-14(19)3-2-4-15(13)20/h2-8,10,16-17,22-23H,9H2,1H3,(H,24,25)/b21-10+. The number of ether oxygens (including phenoxy) is 1. The van der Waals surface area contributed by atoms with Gasteiger partial charge in [-0.25, -0.2) is 16.3 Å². The lowest BCUT2D eigenvalue weighted by Crippen LogP contribution is -2.41. The number of halogens is 2. The van der Waals surface area contributed by atoms with E-state index >= 15 is 0 Å². The lowest BCUT2D eigenvalue weighted by atomic mass is 10.0. The van der Waals surface area contributed by atoms with E-state index in [9.17, 15) is 4.79 Å². The summed E-state index contributed by atoms with van der Waals surface area (Å²) >= 11 is 12.1. The van der Waals surface area contributed by atoms with Crippen LogP contribution in [-0.2, 0) is 4.79 Å². The van der Waals surface area contributed by atoms with Gasteiger partial charge in [-0.2, -0.15) is 5.10 Å². The van der Waals surface area contributed by atoms with Gasteiger partial charge in [0.05, 0.1) is 23.4 Å². The number of hydrogen-bond acceptors (Lipinski definition) is 5. The summed E-state index contributed by atoms with van der Waals surface area (Å²) in [6.45, 7) is 0. The molecule has 136 valence electrons. The van der Waals surface area contributed by atoms with Gasteiger partial charge in [0.25, 0.3) is 5.91 Å². The Morgan fingerprint density at radius 3 is 2.54 bits per heavy atom. The van der Waals surface area contributed by atoms with Gasteiger partial charge in [0, 0.05) is 11.6 Å². The third-order valence-electron chi connectivity index (χ3n) is 4.11. The maximum Gasteiger partial charge on any atom is 0.258 e. The largest absolute Gasteiger partial charge is 0.497 e. The number of benzene rings is 2. The summed E-state index contributed by atoms with van der Waals surface area (Å²) in [4.78, 5) is 12.3. The minimum atomic E-state index is -0.402. The Morgan fingerprint density at radius 2 is 1.88 bits per heavy atom. The maximum absolute atomic E-state index is 12.3. The van der Waals surface area contributed by atoms with Gasteiger partial charge in [0.2, 0.25) is 0 Å². The van der Waals surface area contributed by atoms with Crippen molar-refractivity contribution < 1.29 is 9.53 Å². The van der Waals surface area contributed by atoms with Gasteiger partial charge in [0.1, 0.15) is 11.8 Å². The summed E-state index contributed by atoms with van der Waals surface area (Å²) in [6.07, 6.45) is 2.03. The molecule has 2 atom stereocenters. The van der Waals surface area contributed by atoms with Gasteiger partial charge in [-0.3, -0.25) is 4.79 Å². The van der Waals surface area contributed by atoms with Crippen LogP contribution >= 0.6 is 23.2 Å². The fourth-order valence-corrected chi connectivity index (χ4v) is 3.15. The van der Waals surface area contributed by atoms with E-state index in [-0.39, 0.29) is 11.9 Å². The van der Waals surface area contributed by atoms with Crippen LogP contribution in [0.4, 0.5) is 0 Å². The molecule has 0 spiro atoms. The molecule has 0 saturated carbocycles. The monoisotopic (exact) mass is 392 g/mol. The number of methoxy groups -OCH3 is 1. The van der Waals surface area contributed by atoms with E-state index in [0.29, 0.717) is 22.0 Å². The molecule has 3 N–H and O–H groups in total. The molecule has 0 radical (unpaired) electrons. The van der Waals surface area contributed by atoms with Crippen molar-refractivity contribution >= 4 is 35.3 Å². The van der Waals surface area contributed by atoms with Crippen LogP contribution in [0, 0.1) is 0 Å². The quantitative estimate of drug-likeness (QED) is 0.539. The molecule has 8 heteroatoms. The van der Waals surface area contributed by atoms with Crippen molar-refractivity contribution in [3.8, 4) is 5.75 Å². The minimum absolute atomic E-state index is 0.0265. The number of amides is 1. The highest BCUT2D eigenvalue weighted by Gasteiger charge is 2.30. The second kappa shape index (κ2) is 8.51. The smallest absolute Gasteiger partial charge is 0.258 e. The number of rotatable bonds is 5. The topological polar surface area (TPSA) is 74.8 Å². The van der Waals surface area contributed by atoms with Crippen LogP contribution in [0.2, 0.25) is 10.0 Å². The lowest BCUT2D eigenvalue weighted by molar-refractivity contribution is -0.122. The Kier molecular flexibility index (Phi) is 6.11. The molecular weight excluding hydrogens is 375 g/mol. The first-order chi connectivity index (χ1) is 12.6. The number of hydrazine groups is 1. The van der Waals surface area contributed by atoms with Crippen molar-refractivity contribution in [1.29, 1.82) is 0 Å². The van der Waals surface area contributed by atoms with Crippen LogP contribution in [0.3, 0.4) is 0 Å². The zero-order valence-electron chi connectivity index (χ0n) is 14.0. The number of hydrogen-bond donors (Lipinski definition) is 3. The Morgan fingerprint density at radius 1 is 1.19 bits per heavy atom. The van der Waals surface area contributed by atoms with Crippen molar-refractivity contribution in [2.75, 3.05) is 7.11 Å². The first-order valence-electron chi connectivity index (χ1n) is 8.00. The Bertz CT molecular complexity index is 791. The summed E-state index contributed by atoms with van der Waals surface area (Å²) < 4.78 is 5.15. The maximum atomic E-state index is 12.3. The van der Waals surface area contributed by atoms with E-state index in [1.54, 1.807) is 25.3 Å². The minimum Gasteiger partial charge on any atom is -0.497 e. The van der Waals surface area contributed by atoms with E-state index in [1.165, 1.54) is 6.21 Å². The molecule has 1 saturated heterocycles. The highest BCUT2D eigenvalue weighted by molar-refractivity contribution is 6.38. The SMILES string of the molecule is COc1ccc(C2CC(C(=O)N/N=C/c3c(Cl)cccc3Cl)NN2)cc1. The van der Waals surface area contributed by atoms with Crippen LogP contribution in [0.15, 0.2) is 47.6 Å². The number of carbonyl (C=O) groups is 1. The van der Waals surface area contributed by atoms with E-state index in [0.717, 1.165) is 11.3 Å². The van der Waals surface area contributed by atoms with Crippen LogP contribution in [0.25, 0.3) is 0 Å². The molecule has 0 aliphatic carbocycles. The Balaban J connectivity index is 1.56. The molecular formula is C18H18Cl2N4O2. The van der Waals surface area contributed by atoms with E-state index in [4.69, 9.17) is 27.9 Å². The van der Waals surface area contributed by atoms with Crippen LogP contribution in [0.5, 0.6) is 5.75 Å². The average Bonchev–Trinajstić information content (AvgIpc) is 3.14. The zero-order chi connectivity index (χ0) is 18.5. The van der Waals surface area contributed by atoms with Crippen molar-refractivity contribution in [3.05, 3.63) is 63.6 Å². The highest BCUT2D eigenvalue weighted by Crippen LogP contribution is 2.24. The number of nitrogens with one attached hydrogen (secondary N) is 3. The number of carbonyl (C=O) groups excluding carboxylic acids is 1. The zero-order valence-corrected chi connectivity index (χ0v) is 15.5. The van der Waals surface area contributed by atoms with E-state index in [2.05, 4.69) is 21.4 Å². The molecule has 1 aliphatic rings. The molecule has 1 heterocycles. The fraction of sp³-hybridized carbons (Fsp3) is 0.222. The van der Waals surface area contributed by atoms with Gasteiger partial charge < -0.3 is 4.74 Å². The van der Waals surface area contributed by atoms with Crippen molar-refractivity contribution in [1.82, 2.24) is 16.3 Å². The lowest BCUT2D eigenvalue weighted by Gasteiger charge is -2.10. The van der Waals surface area contributed by atoms with Gasteiger partial charge in [-0.1, -0.05) is 41.4 Å². The normalized spacial score (nSPS) is 19.7. The number of hydrazone groups is 1. The second-order valence-corrected chi connectivity index (χ2v) is 6.59. The van der Waals surface area contributed by atoms with Crippen LogP contribution in [0.1, 0.15) is 23.6 Å². The molecule has 3 rings (SSSR count). The van der Waals surface area contributed by atoms with Gasteiger partial charge in [-0.05, 0) is 36.2 Å². The summed E-state index contributed by atoms with van der Waals surface area (Å²) in [6, 6.07) is 12.5.